The Labute approximate surface area is 204 Å². The summed E-state index contributed by atoms with van der Waals surface area (Å²) in [6.45, 7) is 7.80. The molecule has 2 amide bonds. The van der Waals surface area contributed by atoms with Crippen LogP contribution in [0.1, 0.15) is 29.0 Å². The number of aromatic nitrogens is 1. The number of aryl methyl sites for hydroxylation is 4. The summed E-state index contributed by atoms with van der Waals surface area (Å²) in [5, 5.41) is 9.76. The second-order valence-electron chi connectivity index (χ2n) is 8.26. The molecule has 0 aliphatic rings. The number of methoxy groups -OCH3 is 2. The van der Waals surface area contributed by atoms with Crippen molar-refractivity contribution >= 4 is 23.2 Å². The zero-order valence-electron chi connectivity index (χ0n) is 20.9. The van der Waals surface area contributed by atoms with Crippen molar-refractivity contribution < 1.29 is 28.3 Å². The molecule has 35 heavy (non-hydrogen) atoms. The van der Waals surface area contributed by atoms with E-state index in [9.17, 15) is 9.59 Å². The third-order valence-corrected chi connectivity index (χ3v) is 5.29. The number of anilines is 2. The molecule has 0 aliphatic heterocycles. The molecule has 3 aromatic rings. The normalized spacial score (nSPS) is 10.8. The van der Waals surface area contributed by atoms with Crippen LogP contribution >= 0.6 is 0 Å². The third-order valence-electron chi connectivity index (χ3n) is 5.29. The Morgan fingerprint density at radius 1 is 0.886 bits per heavy atom. The van der Waals surface area contributed by atoms with Crippen molar-refractivity contribution in [3.63, 3.8) is 0 Å². The Kier molecular flexibility index (Phi) is 8.62. The zero-order chi connectivity index (χ0) is 25.5. The second kappa shape index (κ2) is 11.6. The van der Waals surface area contributed by atoms with E-state index in [0.717, 1.165) is 27.9 Å². The van der Waals surface area contributed by atoms with Crippen molar-refractivity contribution in [3.05, 3.63) is 52.9 Å². The van der Waals surface area contributed by atoms with Crippen LogP contribution in [0.25, 0.3) is 11.1 Å². The minimum Gasteiger partial charge on any atom is -0.457 e. The van der Waals surface area contributed by atoms with Gasteiger partial charge in [0.2, 0.25) is 11.8 Å². The molecule has 0 bridgehead atoms. The van der Waals surface area contributed by atoms with Gasteiger partial charge in [-0.05, 0) is 68.7 Å². The highest BCUT2D eigenvalue weighted by Gasteiger charge is 2.16. The predicted octanol–water partition coefficient (Wildman–Crippen LogP) is 4.93. The highest BCUT2D eigenvalue weighted by Crippen LogP contribution is 2.37. The Hall–Kier alpha value is -3.69. The lowest BCUT2D eigenvalue weighted by molar-refractivity contribution is -0.119. The molecule has 0 aliphatic carbocycles. The van der Waals surface area contributed by atoms with Crippen LogP contribution in [-0.4, -0.2) is 44.4 Å². The zero-order valence-corrected chi connectivity index (χ0v) is 20.9. The molecule has 0 saturated heterocycles. The number of amides is 2. The van der Waals surface area contributed by atoms with E-state index in [0.29, 0.717) is 35.2 Å². The van der Waals surface area contributed by atoms with E-state index in [1.165, 1.54) is 7.11 Å². The molecule has 2 N–H and O–H groups in total. The van der Waals surface area contributed by atoms with Crippen LogP contribution in [0.15, 0.2) is 34.9 Å². The smallest absolute Gasteiger partial charge is 0.250 e. The second-order valence-corrected chi connectivity index (χ2v) is 8.26. The van der Waals surface area contributed by atoms with Gasteiger partial charge in [-0.1, -0.05) is 5.16 Å². The van der Waals surface area contributed by atoms with Crippen LogP contribution in [0, 0.1) is 27.7 Å². The lowest BCUT2D eigenvalue weighted by atomic mass is 10.0. The van der Waals surface area contributed by atoms with Gasteiger partial charge in [-0.2, -0.15) is 0 Å². The molecule has 0 fully saturated rings. The summed E-state index contributed by atoms with van der Waals surface area (Å²) in [5.74, 6) is 1.44. The molecular weight excluding hydrogens is 450 g/mol. The van der Waals surface area contributed by atoms with Gasteiger partial charge in [0.05, 0.1) is 18.7 Å². The first-order valence-corrected chi connectivity index (χ1v) is 11.2. The number of nitrogens with zero attached hydrogens (tertiary/aromatic N) is 1. The third kappa shape index (κ3) is 6.68. The van der Waals surface area contributed by atoms with E-state index in [1.54, 1.807) is 13.2 Å². The van der Waals surface area contributed by atoms with Crippen LogP contribution in [0.4, 0.5) is 11.4 Å². The maximum absolute atomic E-state index is 12.2. The van der Waals surface area contributed by atoms with Crippen LogP contribution < -0.4 is 15.4 Å². The summed E-state index contributed by atoms with van der Waals surface area (Å²) in [6, 6.07) is 9.16. The Bertz CT molecular complexity index is 1180. The summed E-state index contributed by atoms with van der Waals surface area (Å²) >= 11 is 0. The highest BCUT2D eigenvalue weighted by atomic mass is 16.5. The number of carbonyl (C=O) groups excluding carboxylic acids is 2. The van der Waals surface area contributed by atoms with E-state index < -0.39 is 0 Å². The van der Waals surface area contributed by atoms with Crippen molar-refractivity contribution in [1.29, 1.82) is 0 Å². The van der Waals surface area contributed by atoms with Gasteiger partial charge in [-0.3, -0.25) is 9.59 Å². The molecule has 0 spiro atoms. The van der Waals surface area contributed by atoms with Crippen LogP contribution in [-0.2, 0) is 19.1 Å². The van der Waals surface area contributed by atoms with Crippen molar-refractivity contribution in [2.24, 2.45) is 0 Å². The van der Waals surface area contributed by atoms with Crippen molar-refractivity contribution in [2.75, 3.05) is 38.1 Å². The number of carbonyl (C=O) groups is 2. The highest BCUT2D eigenvalue weighted by molar-refractivity contribution is 5.93. The quantitative estimate of drug-likeness (QED) is 0.422. The summed E-state index contributed by atoms with van der Waals surface area (Å²) in [4.78, 5) is 24.2. The average molecular weight is 482 g/mol. The summed E-state index contributed by atoms with van der Waals surface area (Å²) in [7, 11) is 3.02. The first-order chi connectivity index (χ1) is 16.7. The molecule has 0 saturated carbocycles. The molecule has 3 rings (SSSR count). The summed E-state index contributed by atoms with van der Waals surface area (Å²) in [5.41, 5.74) is 5.29. The molecule has 2 aromatic carbocycles. The minimum absolute atomic E-state index is 0.0679. The SMILES string of the molecule is COCCC(=O)Nc1cc(C)c(Oc2cc(NC(=O)COC)cc(-c3c(C)noc3C)c2)c(C)c1. The Morgan fingerprint density at radius 2 is 1.54 bits per heavy atom. The van der Waals surface area contributed by atoms with Crippen LogP contribution in [0.3, 0.4) is 0 Å². The number of nitrogens with one attached hydrogen (secondary N) is 2. The monoisotopic (exact) mass is 481 g/mol. The van der Waals surface area contributed by atoms with Gasteiger partial charge in [0, 0.05) is 37.2 Å². The number of ether oxygens (including phenoxy) is 3. The summed E-state index contributed by atoms with van der Waals surface area (Å²) in [6.07, 6.45) is 0.277. The lowest BCUT2D eigenvalue weighted by Gasteiger charge is -2.16. The fraction of sp³-hybridized carbons (Fsp3) is 0.346. The Morgan fingerprint density at radius 3 is 2.14 bits per heavy atom. The molecule has 1 heterocycles. The molecular formula is C26H31N3O6. The molecule has 1 aromatic heterocycles. The fourth-order valence-corrected chi connectivity index (χ4v) is 3.82. The Balaban J connectivity index is 1.94. The number of hydrogen-bond acceptors (Lipinski definition) is 7. The van der Waals surface area contributed by atoms with Gasteiger partial charge in [0.1, 0.15) is 23.9 Å². The van der Waals surface area contributed by atoms with Gasteiger partial charge in [0.25, 0.3) is 0 Å². The predicted molar refractivity (Wildman–Crippen MR) is 133 cm³/mol. The van der Waals surface area contributed by atoms with Crippen molar-refractivity contribution in [3.8, 4) is 22.6 Å². The van der Waals surface area contributed by atoms with Crippen molar-refractivity contribution in [2.45, 2.75) is 34.1 Å². The number of rotatable bonds is 10. The molecule has 9 nitrogen and oxygen atoms in total. The van der Waals surface area contributed by atoms with Crippen LogP contribution in [0.2, 0.25) is 0 Å². The molecule has 0 radical (unpaired) electrons. The van der Waals surface area contributed by atoms with Crippen LogP contribution in [0.5, 0.6) is 11.5 Å². The molecule has 9 heteroatoms. The largest absolute Gasteiger partial charge is 0.457 e. The van der Waals surface area contributed by atoms with Crippen molar-refractivity contribution in [1.82, 2.24) is 5.16 Å². The number of hydrogen-bond donors (Lipinski definition) is 2. The lowest BCUT2D eigenvalue weighted by Crippen LogP contribution is -2.17. The summed E-state index contributed by atoms with van der Waals surface area (Å²) < 4.78 is 21.5. The maximum Gasteiger partial charge on any atom is 0.250 e. The van der Waals surface area contributed by atoms with Gasteiger partial charge in [-0.25, -0.2) is 0 Å². The average Bonchev–Trinajstić information content (AvgIpc) is 3.12. The van der Waals surface area contributed by atoms with E-state index in [4.69, 9.17) is 18.7 Å². The van der Waals surface area contributed by atoms with Gasteiger partial charge in [-0.15, -0.1) is 0 Å². The molecule has 186 valence electrons. The van der Waals surface area contributed by atoms with Gasteiger partial charge < -0.3 is 29.4 Å². The number of benzene rings is 2. The van der Waals surface area contributed by atoms with Gasteiger partial charge in [0.15, 0.2) is 0 Å². The maximum atomic E-state index is 12.2. The fourth-order valence-electron chi connectivity index (χ4n) is 3.82. The first-order valence-electron chi connectivity index (χ1n) is 11.2. The van der Waals surface area contributed by atoms with E-state index in [2.05, 4.69) is 15.8 Å². The van der Waals surface area contributed by atoms with E-state index >= 15 is 0 Å². The topological polar surface area (TPSA) is 112 Å². The van der Waals surface area contributed by atoms with E-state index in [1.807, 2.05) is 52.0 Å². The molecule has 0 atom stereocenters. The standard InChI is InChI=1S/C26H31N3O6/c1-15-9-20(27-23(30)7-8-32-5)10-16(2)26(15)34-22-12-19(25-17(3)29-35-18(25)4)11-21(13-22)28-24(31)14-33-6/h9-13H,7-8,14H2,1-6H3,(H,27,30)(H,28,31). The van der Waals surface area contributed by atoms with E-state index in [-0.39, 0.29) is 24.8 Å². The molecule has 0 unspecified atom stereocenters. The first kappa shape index (κ1) is 25.9. The minimum atomic E-state index is -0.282. The van der Waals surface area contributed by atoms with Gasteiger partial charge >= 0.3 is 0 Å².